The SMILES string of the molecule is Cc1ccc(-n2nc(C)cc2NC(=O)CN2CCC(c3cn[nH]n3)C2)cc1. The van der Waals surface area contributed by atoms with Crippen LogP contribution in [0.5, 0.6) is 0 Å². The van der Waals surface area contributed by atoms with Crippen LogP contribution in [0, 0.1) is 13.8 Å². The highest BCUT2D eigenvalue weighted by Gasteiger charge is 2.27. The molecule has 0 radical (unpaired) electrons. The van der Waals surface area contributed by atoms with Crippen molar-refractivity contribution < 1.29 is 4.79 Å². The number of hydrogen-bond acceptors (Lipinski definition) is 5. The molecule has 1 aliphatic heterocycles. The Morgan fingerprint density at radius 2 is 2.11 bits per heavy atom. The van der Waals surface area contributed by atoms with Crippen LogP contribution >= 0.6 is 0 Å². The first kappa shape index (κ1) is 17.4. The molecule has 0 saturated carbocycles. The third-order valence-corrected chi connectivity index (χ3v) is 4.87. The van der Waals surface area contributed by atoms with Crippen LogP contribution < -0.4 is 5.32 Å². The highest BCUT2D eigenvalue weighted by atomic mass is 16.2. The average Bonchev–Trinajstić information content (AvgIpc) is 3.37. The molecule has 0 spiro atoms. The van der Waals surface area contributed by atoms with Gasteiger partial charge in [-0.05, 0) is 38.9 Å². The number of nitrogens with zero attached hydrogens (tertiary/aromatic N) is 5. The van der Waals surface area contributed by atoms with Crippen LogP contribution in [-0.4, -0.2) is 55.6 Å². The fraction of sp³-hybridized carbons (Fsp3) is 0.368. The van der Waals surface area contributed by atoms with E-state index in [0.29, 0.717) is 18.3 Å². The lowest BCUT2D eigenvalue weighted by molar-refractivity contribution is -0.117. The maximum Gasteiger partial charge on any atom is 0.239 e. The Balaban J connectivity index is 1.41. The lowest BCUT2D eigenvalue weighted by atomic mass is 10.1. The van der Waals surface area contributed by atoms with Gasteiger partial charge in [-0.3, -0.25) is 9.69 Å². The number of likely N-dealkylation sites (tertiary alicyclic amines) is 1. The van der Waals surface area contributed by atoms with E-state index in [4.69, 9.17) is 0 Å². The number of aryl methyl sites for hydroxylation is 2. The second-order valence-electron chi connectivity index (χ2n) is 7.08. The molecule has 2 N–H and O–H groups in total. The van der Waals surface area contributed by atoms with Crippen molar-refractivity contribution in [2.45, 2.75) is 26.2 Å². The number of carbonyl (C=O) groups excluding carboxylic acids is 1. The van der Waals surface area contributed by atoms with Crippen molar-refractivity contribution in [1.82, 2.24) is 30.1 Å². The minimum absolute atomic E-state index is 0.0379. The molecular weight excluding hydrogens is 342 g/mol. The Labute approximate surface area is 157 Å². The van der Waals surface area contributed by atoms with E-state index in [-0.39, 0.29) is 5.91 Å². The number of amides is 1. The molecule has 8 nitrogen and oxygen atoms in total. The summed E-state index contributed by atoms with van der Waals surface area (Å²) in [5.74, 6) is 0.981. The van der Waals surface area contributed by atoms with Gasteiger partial charge in [0.25, 0.3) is 0 Å². The predicted octanol–water partition coefficient (Wildman–Crippen LogP) is 2.04. The van der Waals surface area contributed by atoms with Crippen LogP contribution in [0.15, 0.2) is 36.5 Å². The number of aromatic amines is 1. The molecule has 1 amide bonds. The van der Waals surface area contributed by atoms with E-state index in [2.05, 4.69) is 30.7 Å². The van der Waals surface area contributed by atoms with Crippen molar-refractivity contribution in [1.29, 1.82) is 0 Å². The summed E-state index contributed by atoms with van der Waals surface area (Å²) in [6.07, 6.45) is 2.75. The number of benzene rings is 1. The smallest absolute Gasteiger partial charge is 0.239 e. The highest BCUT2D eigenvalue weighted by molar-refractivity contribution is 5.91. The Bertz CT molecular complexity index is 914. The van der Waals surface area contributed by atoms with E-state index < -0.39 is 0 Å². The van der Waals surface area contributed by atoms with Crippen LogP contribution in [0.1, 0.15) is 29.3 Å². The first-order valence-electron chi connectivity index (χ1n) is 9.10. The van der Waals surface area contributed by atoms with Crippen LogP contribution in [0.3, 0.4) is 0 Å². The molecule has 3 aromatic rings. The van der Waals surface area contributed by atoms with E-state index in [0.717, 1.165) is 36.6 Å². The summed E-state index contributed by atoms with van der Waals surface area (Å²) in [7, 11) is 0. The second-order valence-corrected chi connectivity index (χ2v) is 7.08. The topological polar surface area (TPSA) is 91.7 Å². The quantitative estimate of drug-likeness (QED) is 0.722. The summed E-state index contributed by atoms with van der Waals surface area (Å²) >= 11 is 0. The molecule has 1 atom stereocenters. The fourth-order valence-electron chi connectivity index (χ4n) is 3.48. The summed E-state index contributed by atoms with van der Waals surface area (Å²) in [4.78, 5) is 14.7. The zero-order chi connectivity index (χ0) is 18.8. The van der Waals surface area contributed by atoms with Crippen LogP contribution in [0.2, 0.25) is 0 Å². The number of H-pyrrole nitrogens is 1. The van der Waals surface area contributed by atoms with E-state index in [1.807, 2.05) is 44.2 Å². The molecule has 27 heavy (non-hydrogen) atoms. The van der Waals surface area contributed by atoms with Crippen molar-refractivity contribution >= 4 is 11.7 Å². The molecule has 0 bridgehead atoms. The third-order valence-electron chi connectivity index (χ3n) is 4.87. The summed E-state index contributed by atoms with van der Waals surface area (Å²) in [6, 6.07) is 9.96. The largest absolute Gasteiger partial charge is 0.309 e. The van der Waals surface area contributed by atoms with E-state index in [1.54, 1.807) is 10.9 Å². The van der Waals surface area contributed by atoms with E-state index in [1.165, 1.54) is 5.56 Å². The number of hydrogen-bond donors (Lipinski definition) is 2. The average molecular weight is 365 g/mol. The molecule has 1 aliphatic rings. The summed E-state index contributed by atoms with van der Waals surface area (Å²) in [6.45, 7) is 6.01. The van der Waals surface area contributed by atoms with Gasteiger partial charge in [-0.2, -0.15) is 20.5 Å². The molecule has 2 aromatic heterocycles. The van der Waals surface area contributed by atoms with E-state index in [9.17, 15) is 4.79 Å². The number of anilines is 1. The number of aromatic nitrogens is 5. The number of nitrogens with one attached hydrogen (secondary N) is 2. The number of carbonyl (C=O) groups is 1. The minimum Gasteiger partial charge on any atom is -0.309 e. The van der Waals surface area contributed by atoms with Gasteiger partial charge in [0.1, 0.15) is 5.82 Å². The van der Waals surface area contributed by atoms with Gasteiger partial charge in [0.15, 0.2) is 0 Å². The molecule has 1 fully saturated rings. The number of rotatable bonds is 5. The molecule has 4 rings (SSSR count). The van der Waals surface area contributed by atoms with Crippen molar-refractivity contribution in [2.24, 2.45) is 0 Å². The van der Waals surface area contributed by atoms with Crippen molar-refractivity contribution in [3.8, 4) is 5.69 Å². The Morgan fingerprint density at radius 3 is 2.85 bits per heavy atom. The van der Waals surface area contributed by atoms with Gasteiger partial charge in [-0.15, -0.1) is 0 Å². The molecule has 1 unspecified atom stereocenters. The first-order chi connectivity index (χ1) is 13.1. The summed E-state index contributed by atoms with van der Waals surface area (Å²) in [5.41, 5.74) is 3.93. The monoisotopic (exact) mass is 365 g/mol. The van der Waals surface area contributed by atoms with Gasteiger partial charge in [0, 0.05) is 18.5 Å². The molecular formula is C19H23N7O. The van der Waals surface area contributed by atoms with Gasteiger partial charge in [0.2, 0.25) is 5.91 Å². The van der Waals surface area contributed by atoms with Gasteiger partial charge in [-0.25, -0.2) is 4.68 Å². The Morgan fingerprint density at radius 1 is 1.30 bits per heavy atom. The van der Waals surface area contributed by atoms with E-state index >= 15 is 0 Å². The third kappa shape index (κ3) is 3.90. The molecule has 0 aliphatic carbocycles. The molecule has 1 aromatic carbocycles. The van der Waals surface area contributed by atoms with Gasteiger partial charge >= 0.3 is 0 Å². The Kier molecular flexibility index (Phi) is 4.72. The van der Waals surface area contributed by atoms with Gasteiger partial charge in [-0.1, -0.05) is 17.7 Å². The normalized spacial score (nSPS) is 17.3. The molecule has 3 heterocycles. The van der Waals surface area contributed by atoms with Gasteiger partial charge in [0.05, 0.1) is 29.8 Å². The predicted molar refractivity (Wildman–Crippen MR) is 102 cm³/mol. The van der Waals surface area contributed by atoms with Crippen molar-refractivity contribution in [3.63, 3.8) is 0 Å². The van der Waals surface area contributed by atoms with Crippen molar-refractivity contribution in [3.05, 3.63) is 53.5 Å². The molecule has 140 valence electrons. The zero-order valence-electron chi connectivity index (χ0n) is 15.5. The maximum absolute atomic E-state index is 12.6. The van der Waals surface area contributed by atoms with Crippen LogP contribution in [-0.2, 0) is 4.79 Å². The van der Waals surface area contributed by atoms with Crippen molar-refractivity contribution in [2.75, 3.05) is 25.0 Å². The zero-order valence-corrected chi connectivity index (χ0v) is 15.5. The first-order valence-corrected chi connectivity index (χ1v) is 9.10. The van der Waals surface area contributed by atoms with Gasteiger partial charge < -0.3 is 5.32 Å². The maximum atomic E-state index is 12.6. The highest BCUT2D eigenvalue weighted by Crippen LogP contribution is 2.25. The summed E-state index contributed by atoms with van der Waals surface area (Å²) < 4.78 is 1.77. The lowest BCUT2D eigenvalue weighted by Gasteiger charge is -2.15. The second kappa shape index (κ2) is 7.32. The fourth-order valence-corrected chi connectivity index (χ4v) is 3.48. The minimum atomic E-state index is -0.0379. The standard InChI is InChI=1S/C19H23N7O/c1-13-3-5-16(6-4-13)26-18(9-14(2)23-26)21-19(27)12-25-8-7-15(11-25)17-10-20-24-22-17/h3-6,9-10,15H,7-8,11-12H2,1-2H3,(H,21,27)(H,20,22,24). The summed E-state index contributed by atoms with van der Waals surface area (Å²) in [5, 5.41) is 18.2. The van der Waals surface area contributed by atoms with Crippen LogP contribution in [0.4, 0.5) is 5.82 Å². The lowest BCUT2D eigenvalue weighted by Crippen LogP contribution is -2.32. The van der Waals surface area contributed by atoms with Crippen LogP contribution in [0.25, 0.3) is 5.69 Å². The molecule has 1 saturated heterocycles. The molecule has 8 heteroatoms. The Hall–Kier alpha value is -3.00.